The van der Waals surface area contributed by atoms with Crippen LogP contribution in [-0.4, -0.2) is 63.8 Å². The van der Waals surface area contributed by atoms with E-state index in [1.165, 1.54) is 18.2 Å². The number of carbonyl (C=O) groups excluding carboxylic acids is 1. The third kappa shape index (κ3) is 7.08. The van der Waals surface area contributed by atoms with Gasteiger partial charge >= 0.3 is 5.97 Å². The lowest BCUT2D eigenvalue weighted by atomic mass is 10.1. The van der Waals surface area contributed by atoms with E-state index in [1.54, 1.807) is 19.2 Å². The first-order chi connectivity index (χ1) is 15.2. The van der Waals surface area contributed by atoms with Crippen molar-refractivity contribution in [3.63, 3.8) is 0 Å². The van der Waals surface area contributed by atoms with Gasteiger partial charge in [0.05, 0.1) is 25.9 Å². The molecule has 0 radical (unpaired) electrons. The molecule has 2 aromatic carbocycles. The number of nitrogens with zero attached hydrogens (tertiary/aromatic N) is 2. The summed E-state index contributed by atoms with van der Waals surface area (Å²) in [5, 5.41) is 6.77. The van der Waals surface area contributed by atoms with E-state index in [4.69, 9.17) is 9.47 Å². The van der Waals surface area contributed by atoms with E-state index in [-0.39, 0.29) is 5.97 Å². The van der Waals surface area contributed by atoms with Crippen LogP contribution in [0.1, 0.15) is 27.0 Å². The van der Waals surface area contributed by atoms with Crippen LogP contribution in [-0.2, 0) is 29.0 Å². The van der Waals surface area contributed by atoms with Crippen LogP contribution in [0.2, 0.25) is 0 Å². The number of ether oxygens (including phenoxy) is 2. The smallest absolute Gasteiger partial charge is 0.337 e. The molecular formula is C24H32N4O3. The third-order valence-corrected chi connectivity index (χ3v) is 5.37. The minimum Gasteiger partial charge on any atom is -0.465 e. The molecule has 0 bridgehead atoms. The molecule has 0 unspecified atom stereocenters. The minimum absolute atomic E-state index is 0.317. The molecule has 0 aliphatic carbocycles. The summed E-state index contributed by atoms with van der Waals surface area (Å²) in [5.41, 5.74) is 4.31. The topological polar surface area (TPSA) is 75.2 Å². The second-order valence-electron chi connectivity index (χ2n) is 7.45. The number of nitrogens with one attached hydrogen (secondary N) is 2. The maximum atomic E-state index is 11.5. The Morgan fingerprint density at radius 1 is 1.06 bits per heavy atom. The van der Waals surface area contributed by atoms with Gasteiger partial charge in [0.2, 0.25) is 0 Å². The Hall–Kier alpha value is -2.90. The molecule has 166 valence electrons. The van der Waals surface area contributed by atoms with Crippen LogP contribution < -0.4 is 10.6 Å². The van der Waals surface area contributed by atoms with E-state index in [2.05, 4.69) is 44.8 Å². The molecule has 0 saturated carbocycles. The van der Waals surface area contributed by atoms with Crippen LogP contribution in [0.25, 0.3) is 0 Å². The number of carbonyl (C=O) groups is 1. The molecule has 1 saturated heterocycles. The minimum atomic E-state index is -0.317. The molecule has 1 aliphatic rings. The van der Waals surface area contributed by atoms with E-state index < -0.39 is 0 Å². The summed E-state index contributed by atoms with van der Waals surface area (Å²) in [6.07, 6.45) is 0.829. The average Bonchev–Trinajstić information content (AvgIpc) is 2.82. The Morgan fingerprint density at radius 2 is 1.77 bits per heavy atom. The summed E-state index contributed by atoms with van der Waals surface area (Å²) in [6.45, 7) is 5.97. The van der Waals surface area contributed by atoms with Gasteiger partial charge in [0.25, 0.3) is 0 Å². The molecule has 1 fully saturated rings. The molecule has 2 N–H and O–H groups in total. The standard InChI is InChI=1S/C24H32N4O3/c1-25-24(26-12-11-19-7-9-20(10-8-19)23(29)30-2)27-17-21-5-3-4-6-22(21)18-28-13-15-31-16-14-28/h3-10H,11-18H2,1-2H3,(H2,25,26,27). The predicted molar refractivity (Wildman–Crippen MR) is 122 cm³/mol. The predicted octanol–water partition coefficient (Wildman–Crippen LogP) is 2.21. The van der Waals surface area contributed by atoms with Crippen molar-refractivity contribution in [2.24, 2.45) is 4.99 Å². The molecule has 0 amide bonds. The van der Waals surface area contributed by atoms with Crippen LogP contribution in [0, 0.1) is 0 Å². The fraction of sp³-hybridized carbons (Fsp3) is 0.417. The SMILES string of the molecule is CN=C(NCCc1ccc(C(=O)OC)cc1)NCc1ccccc1CN1CCOCC1. The normalized spacial score (nSPS) is 14.8. The highest BCUT2D eigenvalue weighted by molar-refractivity contribution is 5.89. The van der Waals surface area contributed by atoms with Crippen molar-refractivity contribution in [3.05, 3.63) is 70.8 Å². The molecule has 2 aromatic rings. The second-order valence-corrected chi connectivity index (χ2v) is 7.45. The van der Waals surface area contributed by atoms with E-state index in [1.807, 2.05) is 12.1 Å². The number of benzene rings is 2. The van der Waals surface area contributed by atoms with Crippen molar-refractivity contribution in [2.75, 3.05) is 47.0 Å². The lowest BCUT2D eigenvalue weighted by molar-refractivity contribution is 0.0341. The number of aliphatic imine (C=N–C) groups is 1. The summed E-state index contributed by atoms with van der Waals surface area (Å²) < 4.78 is 10.2. The lowest BCUT2D eigenvalue weighted by Crippen LogP contribution is -2.38. The summed E-state index contributed by atoms with van der Waals surface area (Å²) in [7, 11) is 3.17. The lowest BCUT2D eigenvalue weighted by Gasteiger charge is -2.27. The number of hydrogen-bond donors (Lipinski definition) is 2. The molecule has 3 rings (SSSR count). The summed E-state index contributed by atoms with van der Waals surface area (Å²) in [5.74, 6) is 0.454. The first-order valence-electron chi connectivity index (χ1n) is 10.7. The Bertz CT molecular complexity index is 861. The van der Waals surface area contributed by atoms with Crippen LogP contribution >= 0.6 is 0 Å². The maximum Gasteiger partial charge on any atom is 0.337 e. The van der Waals surface area contributed by atoms with Crippen molar-refractivity contribution in [1.82, 2.24) is 15.5 Å². The van der Waals surface area contributed by atoms with Gasteiger partial charge < -0.3 is 20.1 Å². The largest absolute Gasteiger partial charge is 0.465 e. The molecule has 1 aliphatic heterocycles. The monoisotopic (exact) mass is 424 g/mol. The molecule has 1 heterocycles. The Balaban J connectivity index is 1.47. The average molecular weight is 425 g/mol. The number of esters is 1. The number of rotatable bonds is 8. The highest BCUT2D eigenvalue weighted by atomic mass is 16.5. The molecular weight excluding hydrogens is 392 g/mol. The van der Waals surface area contributed by atoms with Crippen LogP contribution in [0.5, 0.6) is 0 Å². The Labute approximate surface area is 184 Å². The van der Waals surface area contributed by atoms with Gasteiger partial charge in [0.15, 0.2) is 5.96 Å². The zero-order valence-electron chi connectivity index (χ0n) is 18.4. The summed E-state index contributed by atoms with van der Waals surface area (Å²) in [6, 6.07) is 16.0. The summed E-state index contributed by atoms with van der Waals surface area (Å²) in [4.78, 5) is 18.3. The third-order valence-electron chi connectivity index (χ3n) is 5.37. The Kier molecular flexibility index (Phi) is 8.87. The highest BCUT2D eigenvalue weighted by Crippen LogP contribution is 2.13. The highest BCUT2D eigenvalue weighted by Gasteiger charge is 2.13. The van der Waals surface area contributed by atoms with Crippen LogP contribution in [0.4, 0.5) is 0 Å². The van der Waals surface area contributed by atoms with Gasteiger partial charge in [-0.3, -0.25) is 9.89 Å². The first kappa shape index (κ1) is 22.8. The number of morpholine rings is 1. The fourth-order valence-corrected chi connectivity index (χ4v) is 3.53. The zero-order chi connectivity index (χ0) is 21.9. The molecule has 7 nitrogen and oxygen atoms in total. The van der Waals surface area contributed by atoms with Gasteiger partial charge in [0.1, 0.15) is 0 Å². The summed E-state index contributed by atoms with van der Waals surface area (Å²) >= 11 is 0. The van der Waals surface area contributed by atoms with Gasteiger partial charge in [-0.2, -0.15) is 0 Å². The van der Waals surface area contributed by atoms with E-state index in [0.29, 0.717) is 12.1 Å². The first-order valence-corrected chi connectivity index (χ1v) is 10.7. The van der Waals surface area contributed by atoms with Crippen molar-refractivity contribution in [3.8, 4) is 0 Å². The zero-order valence-corrected chi connectivity index (χ0v) is 18.4. The van der Waals surface area contributed by atoms with Gasteiger partial charge in [-0.15, -0.1) is 0 Å². The van der Waals surface area contributed by atoms with Crippen molar-refractivity contribution >= 4 is 11.9 Å². The van der Waals surface area contributed by atoms with Gasteiger partial charge in [0, 0.05) is 39.8 Å². The van der Waals surface area contributed by atoms with Crippen molar-refractivity contribution in [2.45, 2.75) is 19.5 Å². The van der Waals surface area contributed by atoms with Crippen molar-refractivity contribution in [1.29, 1.82) is 0 Å². The quantitative estimate of drug-likeness (QED) is 0.385. The van der Waals surface area contributed by atoms with Crippen LogP contribution in [0.15, 0.2) is 53.5 Å². The Morgan fingerprint density at radius 3 is 2.45 bits per heavy atom. The van der Waals surface area contributed by atoms with E-state index in [0.717, 1.165) is 57.3 Å². The maximum absolute atomic E-state index is 11.5. The number of methoxy groups -OCH3 is 1. The molecule has 7 heteroatoms. The van der Waals surface area contributed by atoms with Gasteiger partial charge in [-0.1, -0.05) is 36.4 Å². The number of hydrogen-bond acceptors (Lipinski definition) is 5. The van der Waals surface area contributed by atoms with Gasteiger partial charge in [-0.25, -0.2) is 4.79 Å². The number of guanidine groups is 1. The van der Waals surface area contributed by atoms with E-state index in [9.17, 15) is 4.79 Å². The molecule has 0 spiro atoms. The van der Waals surface area contributed by atoms with Gasteiger partial charge in [-0.05, 0) is 35.2 Å². The fourth-order valence-electron chi connectivity index (χ4n) is 3.53. The second kappa shape index (κ2) is 12.1. The van der Waals surface area contributed by atoms with E-state index >= 15 is 0 Å². The molecule has 0 atom stereocenters. The van der Waals surface area contributed by atoms with Crippen LogP contribution in [0.3, 0.4) is 0 Å². The van der Waals surface area contributed by atoms with Crippen molar-refractivity contribution < 1.29 is 14.3 Å². The molecule has 31 heavy (non-hydrogen) atoms. The molecule has 0 aromatic heterocycles.